The molecular formula is C23H28N2O3. The Balaban J connectivity index is 1.53. The summed E-state index contributed by atoms with van der Waals surface area (Å²) < 4.78 is 5.79. The van der Waals surface area contributed by atoms with Crippen LogP contribution >= 0.6 is 0 Å². The van der Waals surface area contributed by atoms with Crippen LogP contribution in [0, 0.1) is 11.8 Å². The van der Waals surface area contributed by atoms with Gasteiger partial charge in [0.15, 0.2) is 0 Å². The summed E-state index contributed by atoms with van der Waals surface area (Å²) in [5, 5.41) is 2.95. The van der Waals surface area contributed by atoms with Gasteiger partial charge in [-0.2, -0.15) is 0 Å². The summed E-state index contributed by atoms with van der Waals surface area (Å²) in [5.74, 6) is 0.974. The quantitative estimate of drug-likeness (QED) is 0.758. The van der Waals surface area contributed by atoms with E-state index in [-0.39, 0.29) is 24.2 Å². The van der Waals surface area contributed by atoms with Crippen molar-refractivity contribution in [2.75, 3.05) is 18.0 Å². The molecule has 1 aliphatic rings. The first-order valence-electron chi connectivity index (χ1n) is 9.88. The normalized spacial score (nSPS) is 16.5. The Labute approximate surface area is 166 Å². The van der Waals surface area contributed by atoms with Gasteiger partial charge in [0.05, 0.1) is 5.92 Å². The fourth-order valence-corrected chi connectivity index (χ4v) is 3.22. The number of amides is 2. The van der Waals surface area contributed by atoms with Crippen LogP contribution in [0.25, 0.3) is 0 Å². The summed E-state index contributed by atoms with van der Waals surface area (Å²) in [6, 6.07) is 17.4. The van der Waals surface area contributed by atoms with E-state index >= 15 is 0 Å². The SMILES string of the molecule is CC(C)CCNC(=O)C1CC(=O)N(c2ccc(OCc3ccccc3)cc2)C1. The lowest BCUT2D eigenvalue weighted by Gasteiger charge is -2.17. The maximum absolute atomic E-state index is 12.4. The van der Waals surface area contributed by atoms with Gasteiger partial charge in [0.25, 0.3) is 0 Å². The van der Waals surface area contributed by atoms with Crippen molar-refractivity contribution in [1.82, 2.24) is 5.32 Å². The van der Waals surface area contributed by atoms with E-state index in [0.717, 1.165) is 23.4 Å². The van der Waals surface area contributed by atoms with Gasteiger partial charge in [-0.3, -0.25) is 9.59 Å². The number of rotatable bonds is 8. The van der Waals surface area contributed by atoms with Gasteiger partial charge in [0.2, 0.25) is 11.8 Å². The van der Waals surface area contributed by atoms with Gasteiger partial charge in [0, 0.05) is 25.2 Å². The fourth-order valence-electron chi connectivity index (χ4n) is 3.22. The Kier molecular flexibility index (Phi) is 6.69. The molecule has 1 saturated heterocycles. The summed E-state index contributed by atoms with van der Waals surface area (Å²) in [6.07, 6.45) is 1.21. The molecule has 1 N–H and O–H groups in total. The number of carbonyl (C=O) groups excluding carboxylic acids is 2. The van der Waals surface area contributed by atoms with Gasteiger partial charge < -0.3 is 15.0 Å². The lowest BCUT2D eigenvalue weighted by atomic mass is 10.1. The van der Waals surface area contributed by atoms with E-state index < -0.39 is 0 Å². The molecule has 1 fully saturated rings. The zero-order valence-electron chi connectivity index (χ0n) is 16.6. The Morgan fingerprint density at radius 3 is 2.54 bits per heavy atom. The number of benzene rings is 2. The molecule has 5 nitrogen and oxygen atoms in total. The molecule has 0 radical (unpaired) electrons. The number of nitrogens with zero attached hydrogens (tertiary/aromatic N) is 1. The molecule has 2 aromatic carbocycles. The number of carbonyl (C=O) groups is 2. The van der Waals surface area contributed by atoms with Crippen LogP contribution < -0.4 is 15.0 Å². The molecule has 0 aliphatic carbocycles. The highest BCUT2D eigenvalue weighted by molar-refractivity contribution is 6.00. The summed E-state index contributed by atoms with van der Waals surface area (Å²) >= 11 is 0. The number of nitrogens with one attached hydrogen (secondary N) is 1. The minimum absolute atomic E-state index is 0.0121. The van der Waals surface area contributed by atoms with Crippen LogP contribution in [-0.4, -0.2) is 24.9 Å². The molecule has 0 saturated carbocycles. The van der Waals surface area contributed by atoms with Gasteiger partial charge in [-0.25, -0.2) is 0 Å². The van der Waals surface area contributed by atoms with Crippen molar-refractivity contribution in [2.45, 2.75) is 33.3 Å². The summed E-state index contributed by atoms with van der Waals surface area (Å²) in [7, 11) is 0. The van der Waals surface area contributed by atoms with Crippen LogP contribution in [-0.2, 0) is 16.2 Å². The maximum atomic E-state index is 12.4. The second-order valence-corrected chi connectivity index (χ2v) is 7.65. The van der Waals surface area contributed by atoms with Crippen molar-refractivity contribution in [3.8, 4) is 5.75 Å². The minimum Gasteiger partial charge on any atom is -0.489 e. The van der Waals surface area contributed by atoms with E-state index in [1.165, 1.54) is 0 Å². The Morgan fingerprint density at radius 2 is 1.86 bits per heavy atom. The molecule has 0 spiro atoms. The third kappa shape index (κ3) is 5.35. The number of ether oxygens (including phenoxy) is 1. The number of hydrogen-bond acceptors (Lipinski definition) is 3. The topological polar surface area (TPSA) is 58.6 Å². The summed E-state index contributed by atoms with van der Waals surface area (Å²) in [6.45, 7) is 5.84. The van der Waals surface area contributed by atoms with Crippen LogP contribution in [0.5, 0.6) is 5.75 Å². The summed E-state index contributed by atoms with van der Waals surface area (Å²) in [4.78, 5) is 26.4. The van der Waals surface area contributed by atoms with Crippen molar-refractivity contribution in [3.63, 3.8) is 0 Å². The molecular weight excluding hydrogens is 352 g/mol. The highest BCUT2D eigenvalue weighted by Crippen LogP contribution is 2.27. The molecule has 0 bridgehead atoms. The molecule has 28 heavy (non-hydrogen) atoms. The molecule has 2 aromatic rings. The fraction of sp³-hybridized carbons (Fsp3) is 0.391. The smallest absolute Gasteiger partial charge is 0.227 e. The van der Waals surface area contributed by atoms with E-state index in [4.69, 9.17) is 4.74 Å². The van der Waals surface area contributed by atoms with Crippen LogP contribution in [0.15, 0.2) is 54.6 Å². The monoisotopic (exact) mass is 380 g/mol. The first-order chi connectivity index (χ1) is 13.5. The van der Waals surface area contributed by atoms with Crippen molar-refractivity contribution >= 4 is 17.5 Å². The molecule has 1 aliphatic heterocycles. The molecule has 1 atom stereocenters. The molecule has 3 rings (SSSR count). The average molecular weight is 380 g/mol. The zero-order valence-corrected chi connectivity index (χ0v) is 16.6. The predicted octanol–water partition coefficient (Wildman–Crippen LogP) is 3.78. The van der Waals surface area contributed by atoms with Gasteiger partial charge >= 0.3 is 0 Å². The molecule has 5 heteroatoms. The highest BCUT2D eigenvalue weighted by atomic mass is 16.5. The van der Waals surface area contributed by atoms with E-state index in [1.54, 1.807) is 4.90 Å². The summed E-state index contributed by atoms with van der Waals surface area (Å²) in [5.41, 5.74) is 1.90. The molecule has 148 valence electrons. The first-order valence-corrected chi connectivity index (χ1v) is 9.88. The van der Waals surface area contributed by atoms with Gasteiger partial charge in [-0.15, -0.1) is 0 Å². The van der Waals surface area contributed by atoms with E-state index in [0.29, 0.717) is 25.6 Å². The van der Waals surface area contributed by atoms with Crippen LogP contribution in [0.2, 0.25) is 0 Å². The van der Waals surface area contributed by atoms with Crippen LogP contribution in [0.3, 0.4) is 0 Å². The highest BCUT2D eigenvalue weighted by Gasteiger charge is 2.34. The van der Waals surface area contributed by atoms with Crippen molar-refractivity contribution in [1.29, 1.82) is 0 Å². The molecule has 1 unspecified atom stereocenters. The average Bonchev–Trinajstić information content (AvgIpc) is 3.09. The number of hydrogen-bond donors (Lipinski definition) is 1. The Bertz CT molecular complexity index is 787. The second kappa shape index (κ2) is 9.40. The van der Waals surface area contributed by atoms with Gasteiger partial charge in [-0.05, 0) is 42.2 Å². The lowest BCUT2D eigenvalue weighted by Crippen LogP contribution is -2.33. The standard InChI is InChI=1S/C23H28N2O3/c1-17(2)12-13-24-23(27)19-14-22(26)25(15-19)20-8-10-21(11-9-20)28-16-18-6-4-3-5-7-18/h3-11,17,19H,12-16H2,1-2H3,(H,24,27). The zero-order chi connectivity index (χ0) is 19.9. The molecule has 0 aromatic heterocycles. The van der Waals surface area contributed by atoms with Gasteiger partial charge in [-0.1, -0.05) is 44.2 Å². The van der Waals surface area contributed by atoms with Crippen LogP contribution in [0.1, 0.15) is 32.3 Å². The van der Waals surface area contributed by atoms with Crippen molar-refractivity contribution < 1.29 is 14.3 Å². The van der Waals surface area contributed by atoms with Crippen molar-refractivity contribution in [2.24, 2.45) is 11.8 Å². The van der Waals surface area contributed by atoms with Crippen molar-refractivity contribution in [3.05, 3.63) is 60.2 Å². The molecule has 2 amide bonds. The lowest BCUT2D eigenvalue weighted by molar-refractivity contribution is -0.126. The third-order valence-corrected chi connectivity index (χ3v) is 4.91. The third-order valence-electron chi connectivity index (χ3n) is 4.91. The minimum atomic E-state index is -0.284. The van der Waals surface area contributed by atoms with E-state index in [2.05, 4.69) is 19.2 Å². The molecule has 1 heterocycles. The Morgan fingerprint density at radius 1 is 1.14 bits per heavy atom. The largest absolute Gasteiger partial charge is 0.489 e. The first kappa shape index (κ1) is 19.9. The van der Waals surface area contributed by atoms with Gasteiger partial charge in [0.1, 0.15) is 12.4 Å². The Hall–Kier alpha value is -2.82. The van der Waals surface area contributed by atoms with E-state index in [9.17, 15) is 9.59 Å². The predicted molar refractivity (Wildman–Crippen MR) is 110 cm³/mol. The van der Waals surface area contributed by atoms with E-state index in [1.807, 2.05) is 54.6 Å². The number of anilines is 1. The van der Waals surface area contributed by atoms with Crippen LogP contribution in [0.4, 0.5) is 5.69 Å². The maximum Gasteiger partial charge on any atom is 0.227 e. The second-order valence-electron chi connectivity index (χ2n) is 7.65.